The van der Waals surface area contributed by atoms with Gasteiger partial charge in [0.2, 0.25) is 0 Å². The molecule has 0 aliphatic carbocycles. The van der Waals surface area contributed by atoms with E-state index < -0.39 is 0 Å². The molecule has 1 nitrogen and oxygen atoms in total. The third kappa shape index (κ3) is 3.48. The van der Waals surface area contributed by atoms with Crippen LogP contribution in [0.2, 0.25) is 5.02 Å². The van der Waals surface area contributed by atoms with Gasteiger partial charge in [0.15, 0.2) is 0 Å². The number of rotatable bonds is 4. The fourth-order valence-corrected chi connectivity index (χ4v) is 2.82. The number of nitrogens with two attached hydrogens (primary N) is 1. The number of benzene rings is 2. The molecule has 2 N–H and O–H groups in total. The standard InChI is InChI=1S/C19H24ClN/c1-12(2)14-7-8-17(18(9-14)13(3)4)15-5-6-16(11-21)19(20)10-15/h5-10,12-13H,11,21H2,1-4H3. The van der Waals surface area contributed by atoms with Crippen molar-refractivity contribution in [1.82, 2.24) is 0 Å². The first-order valence-corrected chi connectivity index (χ1v) is 7.94. The van der Waals surface area contributed by atoms with Crippen LogP contribution in [0.3, 0.4) is 0 Å². The SMILES string of the molecule is CC(C)c1ccc(-c2ccc(CN)c(Cl)c2)c(C(C)C)c1. The van der Waals surface area contributed by atoms with E-state index in [-0.39, 0.29) is 0 Å². The van der Waals surface area contributed by atoms with Gasteiger partial charge in [0.1, 0.15) is 0 Å². The molecule has 0 aromatic heterocycles. The molecular formula is C19H24ClN. The Morgan fingerprint density at radius 3 is 2.19 bits per heavy atom. The van der Waals surface area contributed by atoms with E-state index in [2.05, 4.69) is 52.0 Å². The summed E-state index contributed by atoms with van der Waals surface area (Å²) in [4.78, 5) is 0. The molecule has 0 amide bonds. The molecular weight excluding hydrogens is 278 g/mol. The summed E-state index contributed by atoms with van der Waals surface area (Å²) in [5, 5.41) is 0.748. The van der Waals surface area contributed by atoms with Gasteiger partial charge in [-0.1, -0.05) is 69.6 Å². The summed E-state index contributed by atoms with van der Waals surface area (Å²) in [5.41, 5.74) is 11.9. The normalized spacial score (nSPS) is 11.4. The van der Waals surface area contributed by atoms with Gasteiger partial charge in [0.25, 0.3) is 0 Å². The summed E-state index contributed by atoms with van der Waals surface area (Å²) < 4.78 is 0. The van der Waals surface area contributed by atoms with Crippen molar-refractivity contribution in [3.63, 3.8) is 0 Å². The summed E-state index contributed by atoms with van der Waals surface area (Å²) in [5.74, 6) is 1.02. The minimum Gasteiger partial charge on any atom is -0.326 e. The highest BCUT2D eigenvalue weighted by Gasteiger charge is 2.12. The Labute approximate surface area is 133 Å². The third-order valence-corrected chi connectivity index (χ3v) is 4.30. The Hall–Kier alpha value is -1.31. The Morgan fingerprint density at radius 1 is 0.952 bits per heavy atom. The molecule has 0 heterocycles. The minimum absolute atomic E-state index is 0.475. The van der Waals surface area contributed by atoms with Gasteiger partial charge in [-0.25, -0.2) is 0 Å². The van der Waals surface area contributed by atoms with Crippen LogP contribution in [0.25, 0.3) is 11.1 Å². The minimum atomic E-state index is 0.475. The molecule has 0 radical (unpaired) electrons. The Bertz CT molecular complexity index is 629. The largest absolute Gasteiger partial charge is 0.326 e. The van der Waals surface area contributed by atoms with Crippen LogP contribution in [0.5, 0.6) is 0 Å². The van der Waals surface area contributed by atoms with E-state index in [0.29, 0.717) is 18.4 Å². The molecule has 2 aromatic rings. The van der Waals surface area contributed by atoms with E-state index in [1.165, 1.54) is 16.7 Å². The quantitative estimate of drug-likeness (QED) is 0.768. The molecule has 2 rings (SSSR count). The van der Waals surface area contributed by atoms with Gasteiger partial charge in [0, 0.05) is 11.6 Å². The lowest BCUT2D eigenvalue weighted by Gasteiger charge is -2.17. The molecule has 0 spiro atoms. The molecule has 112 valence electrons. The fourth-order valence-electron chi connectivity index (χ4n) is 2.56. The first kappa shape index (κ1) is 16.1. The maximum absolute atomic E-state index is 6.31. The maximum atomic E-state index is 6.31. The van der Waals surface area contributed by atoms with Crippen molar-refractivity contribution in [2.45, 2.75) is 46.1 Å². The van der Waals surface area contributed by atoms with Gasteiger partial charge in [0.05, 0.1) is 0 Å². The maximum Gasteiger partial charge on any atom is 0.0457 e. The van der Waals surface area contributed by atoms with Crippen LogP contribution in [-0.2, 0) is 6.54 Å². The predicted molar refractivity (Wildman–Crippen MR) is 93.0 cm³/mol. The van der Waals surface area contributed by atoms with Crippen LogP contribution < -0.4 is 5.73 Å². The first-order chi connectivity index (χ1) is 9.93. The zero-order chi connectivity index (χ0) is 15.6. The third-order valence-electron chi connectivity index (χ3n) is 3.95. The second-order valence-corrected chi connectivity index (χ2v) is 6.57. The lowest BCUT2D eigenvalue weighted by atomic mass is 9.88. The molecule has 2 aromatic carbocycles. The van der Waals surface area contributed by atoms with Gasteiger partial charge in [-0.2, -0.15) is 0 Å². The summed E-state index contributed by atoms with van der Waals surface area (Å²) in [7, 11) is 0. The second-order valence-electron chi connectivity index (χ2n) is 6.17. The topological polar surface area (TPSA) is 26.0 Å². The van der Waals surface area contributed by atoms with E-state index in [9.17, 15) is 0 Å². The lowest BCUT2D eigenvalue weighted by Crippen LogP contribution is -1.99. The molecule has 0 saturated heterocycles. The molecule has 0 saturated carbocycles. The number of halogens is 1. The highest BCUT2D eigenvalue weighted by Crippen LogP contribution is 2.33. The number of hydrogen-bond acceptors (Lipinski definition) is 1. The first-order valence-electron chi connectivity index (χ1n) is 7.56. The molecule has 21 heavy (non-hydrogen) atoms. The zero-order valence-electron chi connectivity index (χ0n) is 13.3. The van der Waals surface area contributed by atoms with E-state index >= 15 is 0 Å². The Kier molecular flexibility index (Phi) is 5.08. The highest BCUT2D eigenvalue weighted by atomic mass is 35.5. The molecule has 0 aliphatic rings. The Balaban J connectivity index is 2.55. The van der Waals surface area contributed by atoms with Crippen molar-refractivity contribution in [1.29, 1.82) is 0 Å². The van der Waals surface area contributed by atoms with Gasteiger partial charge >= 0.3 is 0 Å². The molecule has 0 atom stereocenters. The smallest absolute Gasteiger partial charge is 0.0457 e. The van der Waals surface area contributed by atoms with E-state index in [0.717, 1.165) is 16.1 Å². The molecule has 0 unspecified atom stereocenters. The van der Waals surface area contributed by atoms with Crippen molar-refractivity contribution in [3.05, 3.63) is 58.1 Å². The average molecular weight is 302 g/mol. The van der Waals surface area contributed by atoms with Crippen molar-refractivity contribution in [2.24, 2.45) is 5.73 Å². The molecule has 0 fully saturated rings. The van der Waals surface area contributed by atoms with E-state index in [1.807, 2.05) is 12.1 Å². The van der Waals surface area contributed by atoms with Gasteiger partial charge in [-0.15, -0.1) is 0 Å². The van der Waals surface area contributed by atoms with Crippen molar-refractivity contribution in [2.75, 3.05) is 0 Å². The van der Waals surface area contributed by atoms with Gasteiger partial charge in [-0.3, -0.25) is 0 Å². The average Bonchev–Trinajstić information content (AvgIpc) is 2.46. The van der Waals surface area contributed by atoms with Crippen LogP contribution in [-0.4, -0.2) is 0 Å². The van der Waals surface area contributed by atoms with Crippen molar-refractivity contribution in [3.8, 4) is 11.1 Å². The van der Waals surface area contributed by atoms with E-state index in [1.54, 1.807) is 0 Å². The second kappa shape index (κ2) is 6.64. The fraction of sp³-hybridized carbons (Fsp3) is 0.368. The summed E-state index contributed by atoms with van der Waals surface area (Å²) in [6, 6.07) is 12.9. The number of hydrogen-bond donors (Lipinski definition) is 1. The van der Waals surface area contributed by atoms with Crippen molar-refractivity contribution < 1.29 is 0 Å². The van der Waals surface area contributed by atoms with Crippen molar-refractivity contribution >= 4 is 11.6 Å². The highest BCUT2D eigenvalue weighted by molar-refractivity contribution is 6.31. The van der Waals surface area contributed by atoms with E-state index in [4.69, 9.17) is 17.3 Å². The van der Waals surface area contributed by atoms with Gasteiger partial charge < -0.3 is 5.73 Å². The van der Waals surface area contributed by atoms with Crippen LogP contribution >= 0.6 is 11.6 Å². The predicted octanol–water partition coefficient (Wildman–Crippen LogP) is 5.71. The lowest BCUT2D eigenvalue weighted by molar-refractivity contribution is 0.835. The molecule has 0 aliphatic heterocycles. The molecule has 0 bridgehead atoms. The van der Waals surface area contributed by atoms with Crippen LogP contribution in [0.15, 0.2) is 36.4 Å². The van der Waals surface area contributed by atoms with Gasteiger partial charge in [-0.05, 0) is 45.7 Å². The van der Waals surface area contributed by atoms with Crippen LogP contribution in [0.4, 0.5) is 0 Å². The zero-order valence-corrected chi connectivity index (χ0v) is 14.0. The van der Waals surface area contributed by atoms with Crippen LogP contribution in [0, 0.1) is 0 Å². The summed E-state index contributed by atoms with van der Waals surface area (Å²) in [6.45, 7) is 9.40. The Morgan fingerprint density at radius 2 is 1.67 bits per heavy atom. The van der Waals surface area contributed by atoms with Crippen LogP contribution in [0.1, 0.15) is 56.2 Å². The monoisotopic (exact) mass is 301 g/mol. The summed E-state index contributed by atoms with van der Waals surface area (Å²) >= 11 is 6.31. The summed E-state index contributed by atoms with van der Waals surface area (Å²) in [6.07, 6.45) is 0. The molecule has 2 heteroatoms.